The summed E-state index contributed by atoms with van der Waals surface area (Å²) < 4.78 is 5.13. The molecule has 0 saturated carbocycles. The first-order chi connectivity index (χ1) is 9.86. The molecule has 0 radical (unpaired) electrons. The summed E-state index contributed by atoms with van der Waals surface area (Å²) in [6.45, 7) is 8.04. The number of hydrogen-bond donors (Lipinski definition) is 1. The number of ether oxygens (including phenoxy) is 1. The number of carbonyl (C=O) groups excluding carboxylic acids is 1. The second-order valence-electron chi connectivity index (χ2n) is 5.14. The fourth-order valence-corrected chi connectivity index (χ4v) is 3.14. The maximum absolute atomic E-state index is 12.1. The summed E-state index contributed by atoms with van der Waals surface area (Å²) in [5, 5.41) is 0.951. The van der Waals surface area contributed by atoms with E-state index in [9.17, 15) is 4.79 Å². The van der Waals surface area contributed by atoms with Crippen LogP contribution in [0, 0.1) is 20.8 Å². The summed E-state index contributed by atoms with van der Waals surface area (Å²) in [4.78, 5) is 23.1. The van der Waals surface area contributed by atoms with E-state index in [1.807, 2.05) is 46.7 Å². The molecule has 0 aromatic carbocycles. The molecule has 1 N–H and O–H groups in total. The van der Waals surface area contributed by atoms with Gasteiger partial charge in [0, 0.05) is 24.7 Å². The van der Waals surface area contributed by atoms with Gasteiger partial charge in [-0.3, -0.25) is 0 Å². The Kier molecular flexibility index (Phi) is 4.37. The first-order valence-corrected chi connectivity index (χ1v) is 7.69. The third-order valence-electron chi connectivity index (χ3n) is 3.32. The Morgan fingerprint density at radius 3 is 2.52 bits per heavy atom. The summed E-state index contributed by atoms with van der Waals surface area (Å²) in [6, 6.07) is 0. The second kappa shape index (κ2) is 5.89. The van der Waals surface area contributed by atoms with Gasteiger partial charge in [-0.15, -0.1) is 11.3 Å². The van der Waals surface area contributed by atoms with Crippen molar-refractivity contribution in [2.24, 2.45) is 0 Å². The normalized spacial score (nSPS) is 10.8. The van der Waals surface area contributed by atoms with Gasteiger partial charge in [0.15, 0.2) is 5.13 Å². The van der Waals surface area contributed by atoms with Crippen molar-refractivity contribution in [1.82, 2.24) is 9.97 Å². The van der Waals surface area contributed by atoms with E-state index in [0.717, 1.165) is 32.7 Å². The van der Waals surface area contributed by atoms with Crippen molar-refractivity contribution in [2.75, 3.05) is 25.6 Å². The number of esters is 1. The summed E-state index contributed by atoms with van der Waals surface area (Å²) in [7, 11) is 3.94. The number of aromatic nitrogens is 2. The van der Waals surface area contributed by atoms with E-state index in [1.54, 1.807) is 11.3 Å². The summed E-state index contributed by atoms with van der Waals surface area (Å²) in [6.07, 6.45) is 0. The van der Waals surface area contributed by atoms with Crippen LogP contribution in [0.25, 0.3) is 11.4 Å². The fourth-order valence-electron chi connectivity index (χ4n) is 2.30. The Labute approximate surface area is 129 Å². The number of aromatic amines is 1. The molecule has 0 bridgehead atoms. The number of anilines is 1. The van der Waals surface area contributed by atoms with Crippen molar-refractivity contribution < 1.29 is 9.53 Å². The second-order valence-corrected chi connectivity index (χ2v) is 6.32. The highest BCUT2D eigenvalue weighted by Gasteiger charge is 2.22. The number of hydrogen-bond acceptors (Lipinski definition) is 5. The first kappa shape index (κ1) is 15.6. The molecule has 0 spiro atoms. The van der Waals surface area contributed by atoms with Gasteiger partial charge in [0.25, 0.3) is 0 Å². The van der Waals surface area contributed by atoms with Gasteiger partial charge in [-0.2, -0.15) is 0 Å². The highest BCUT2D eigenvalue weighted by molar-refractivity contribution is 7.16. The van der Waals surface area contributed by atoms with Crippen molar-refractivity contribution in [3.05, 3.63) is 21.7 Å². The van der Waals surface area contributed by atoms with Crippen LogP contribution >= 0.6 is 11.3 Å². The zero-order chi connectivity index (χ0) is 15.7. The van der Waals surface area contributed by atoms with E-state index < -0.39 is 0 Å². The van der Waals surface area contributed by atoms with Gasteiger partial charge in [0.2, 0.25) is 0 Å². The number of rotatable bonds is 4. The predicted octanol–water partition coefficient (Wildman–Crippen LogP) is 3.31. The maximum atomic E-state index is 12.1. The van der Waals surface area contributed by atoms with Gasteiger partial charge >= 0.3 is 5.97 Å². The van der Waals surface area contributed by atoms with E-state index in [4.69, 9.17) is 4.74 Å². The molecule has 0 aliphatic heterocycles. The van der Waals surface area contributed by atoms with Crippen molar-refractivity contribution in [3.8, 4) is 11.4 Å². The number of nitrogens with one attached hydrogen (secondary N) is 1. The maximum Gasteiger partial charge on any atom is 0.340 e. The average molecular weight is 307 g/mol. The molecule has 2 rings (SSSR count). The lowest BCUT2D eigenvalue weighted by atomic mass is 10.1. The van der Waals surface area contributed by atoms with Gasteiger partial charge in [-0.1, -0.05) is 0 Å². The Morgan fingerprint density at radius 2 is 2.00 bits per heavy atom. The van der Waals surface area contributed by atoms with E-state index >= 15 is 0 Å². The lowest BCUT2D eigenvalue weighted by molar-refractivity contribution is 0.0525. The van der Waals surface area contributed by atoms with Crippen LogP contribution < -0.4 is 4.90 Å². The lowest BCUT2D eigenvalue weighted by Crippen LogP contribution is -2.07. The topological polar surface area (TPSA) is 58.2 Å². The molecule has 0 aliphatic rings. The zero-order valence-electron chi connectivity index (χ0n) is 13.3. The molecule has 2 aromatic rings. The van der Waals surface area contributed by atoms with Crippen molar-refractivity contribution in [3.63, 3.8) is 0 Å². The SMILES string of the molecule is CCOC(=O)c1c(C)[nH]c(-c2nc(N(C)C)sc2C)c1C. The smallest absolute Gasteiger partial charge is 0.340 e. The Balaban J connectivity index is 2.51. The number of thiazole rings is 1. The van der Waals surface area contributed by atoms with Gasteiger partial charge in [-0.05, 0) is 33.3 Å². The third kappa shape index (κ3) is 2.81. The molecule has 0 saturated heterocycles. The molecule has 0 fully saturated rings. The van der Waals surface area contributed by atoms with Crippen LogP contribution in [0.15, 0.2) is 0 Å². The molecule has 114 valence electrons. The highest BCUT2D eigenvalue weighted by atomic mass is 32.1. The van der Waals surface area contributed by atoms with Gasteiger partial charge in [0.05, 0.1) is 17.9 Å². The Morgan fingerprint density at radius 1 is 1.33 bits per heavy atom. The molecule has 5 nitrogen and oxygen atoms in total. The van der Waals surface area contributed by atoms with Crippen LogP contribution in [0.1, 0.15) is 33.4 Å². The standard InChI is InChI=1S/C15H21N3O2S/c1-7-20-14(19)11-8(2)12(16-9(11)3)13-10(4)21-15(17-13)18(5)6/h16H,7H2,1-6H3. The summed E-state index contributed by atoms with van der Waals surface area (Å²) >= 11 is 1.64. The Bertz CT molecular complexity index is 671. The fraction of sp³-hybridized carbons (Fsp3) is 0.467. The third-order valence-corrected chi connectivity index (χ3v) is 4.46. The van der Waals surface area contributed by atoms with Crippen LogP contribution in [0.3, 0.4) is 0 Å². The van der Waals surface area contributed by atoms with Crippen molar-refractivity contribution >= 4 is 22.4 Å². The number of nitrogens with zero attached hydrogens (tertiary/aromatic N) is 2. The molecular formula is C15H21N3O2S. The van der Waals surface area contributed by atoms with Crippen molar-refractivity contribution in [2.45, 2.75) is 27.7 Å². The van der Waals surface area contributed by atoms with E-state index in [0.29, 0.717) is 12.2 Å². The molecule has 21 heavy (non-hydrogen) atoms. The van der Waals surface area contributed by atoms with Crippen LogP contribution in [0.4, 0.5) is 5.13 Å². The number of aryl methyl sites for hydroxylation is 2. The van der Waals surface area contributed by atoms with Gasteiger partial charge < -0.3 is 14.6 Å². The van der Waals surface area contributed by atoms with E-state index in [1.165, 1.54) is 0 Å². The summed E-state index contributed by atoms with van der Waals surface area (Å²) in [5.74, 6) is -0.282. The Hall–Kier alpha value is -1.82. The summed E-state index contributed by atoms with van der Waals surface area (Å²) in [5.41, 5.74) is 4.13. The molecule has 2 heterocycles. The largest absolute Gasteiger partial charge is 0.462 e. The lowest BCUT2D eigenvalue weighted by Gasteiger charge is -2.05. The zero-order valence-corrected chi connectivity index (χ0v) is 14.1. The van der Waals surface area contributed by atoms with Crippen LogP contribution in [0.5, 0.6) is 0 Å². The first-order valence-electron chi connectivity index (χ1n) is 6.88. The van der Waals surface area contributed by atoms with Crippen LogP contribution in [0.2, 0.25) is 0 Å². The minimum Gasteiger partial charge on any atom is -0.462 e. The average Bonchev–Trinajstić information content (AvgIpc) is 2.90. The molecule has 0 amide bonds. The number of carbonyl (C=O) groups is 1. The molecule has 2 aromatic heterocycles. The minimum atomic E-state index is -0.282. The van der Waals surface area contributed by atoms with Gasteiger partial charge in [0.1, 0.15) is 5.69 Å². The van der Waals surface area contributed by atoms with E-state index in [-0.39, 0.29) is 5.97 Å². The minimum absolute atomic E-state index is 0.282. The van der Waals surface area contributed by atoms with Crippen molar-refractivity contribution in [1.29, 1.82) is 0 Å². The molecule has 6 heteroatoms. The molecular weight excluding hydrogens is 286 g/mol. The van der Waals surface area contributed by atoms with Crippen LogP contribution in [-0.4, -0.2) is 36.6 Å². The van der Waals surface area contributed by atoms with Gasteiger partial charge in [-0.25, -0.2) is 9.78 Å². The molecule has 0 atom stereocenters. The highest BCUT2D eigenvalue weighted by Crippen LogP contribution is 2.34. The quantitative estimate of drug-likeness (QED) is 0.880. The van der Waals surface area contributed by atoms with E-state index in [2.05, 4.69) is 9.97 Å². The monoisotopic (exact) mass is 307 g/mol. The number of H-pyrrole nitrogens is 1. The molecule has 0 aliphatic carbocycles. The van der Waals surface area contributed by atoms with Crippen LogP contribution in [-0.2, 0) is 4.74 Å². The molecule has 0 unspecified atom stereocenters. The predicted molar refractivity (Wildman–Crippen MR) is 86.4 cm³/mol.